The molecule has 0 aliphatic carbocycles. The average molecular weight is 199 g/mol. The fraction of sp³-hybridized carbons (Fsp3) is 0.667. The van der Waals surface area contributed by atoms with Crippen molar-refractivity contribution >= 4 is 11.3 Å². The van der Waals surface area contributed by atoms with Crippen LogP contribution in [-0.2, 0) is 6.54 Å². The SMILES string of the molecule is CC(C)C(CN)NCc1cncs1. The number of thiazole rings is 1. The van der Waals surface area contributed by atoms with Gasteiger partial charge in [0, 0.05) is 30.2 Å². The van der Waals surface area contributed by atoms with Crippen molar-refractivity contribution < 1.29 is 0 Å². The minimum absolute atomic E-state index is 0.405. The zero-order valence-corrected chi connectivity index (χ0v) is 8.97. The lowest BCUT2D eigenvalue weighted by molar-refractivity contribution is 0.406. The number of hydrogen-bond donors (Lipinski definition) is 2. The van der Waals surface area contributed by atoms with Crippen molar-refractivity contribution in [1.82, 2.24) is 10.3 Å². The first-order valence-corrected chi connectivity index (χ1v) is 5.42. The zero-order chi connectivity index (χ0) is 9.68. The molecule has 1 aromatic heterocycles. The Kier molecular flexibility index (Phi) is 4.35. The first-order valence-electron chi connectivity index (χ1n) is 4.55. The Bertz CT molecular complexity index is 221. The zero-order valence-electron chi connectivity index (χ0n) is 8.16. The second kappa shape index (κ2) is 5.32. The molecule has 4 heteroatoms. The lowest BCUT2D eigenvalue weighted by Crippen LogP contribution is -2.39. The third-order valence-corrected chi connectivity index (χ3v) is 2.86. The van der Waals surface area contributed by atoms with Gasteiger partial charge in [-0.25, -0.2) is 0 Å². The molecule has 0 saturated heterocycles. The highest BCUT2D eigenvalue weighted by Gasteiger charge is 2.10. The van der Waals surface area contributed by atoms with E-state index >= 15 is 0 Å². The Morgan fingerprint density at radius 2 is 2.38 bits per heavy atom. The number of hydrogen-bond acceptors (Lipinski definition) is 4. The number of aromatic nitrogens is 1. The van der Waals surface area contributed by atoms with E-state index in [1.165, 1.54) is 4.88 Å². The van der Waals surface area contributed by atoms with Gasteiger partial charge in [-0.3, -0.25) is 4.98 Å². The monoisotopic (exact) mass is 199 g/mol. The number of nitrogens with zero attached hydrogens (tertiary/aromatic N) is 1. The highest BCUT2D eigenvalue weighted by Crippen LogP contribution is 2.06. The van der Waals surface area contributed by atoms with E-state index in [9.17, 15) is 0 Å². The number of rotatable bonds is 5. The summed E-state index contributed by atoms with van der Waals surface area (Å²) in [5.41, 5.74) is 7.49. The summed E-state index contributed by atoms with van der Waals surface area (Å²) in [6.07, 6.45) is 1.89. The highest BCUT2D eigenvalue weighted by atomic mass is 32.1. The fourth-order valence-electron chi connectivity index (χ4n) is 1.15. The molecule has 1 rings (SSSR count). The van der Waals surface area contributed by atoms with Gasteiger partial charge in [0.15, 0.2) is 0 Å². The standard InChI is InChI=1S/C9H17N3S/c1-7(2)9(3-10)12-5-8-4-11-6-13-8/h4,6-7,9,12H,3,5,10H2,1-2H3. The molecule has 1 atom stereocenters. The summed E-state index contributed by atoms with van der Waals surface area (Å²) in [7, 11) is 0. The number of nitrogens with two attached hydrogens (primary N) is 1. The molecule has 0 radical (unpaired) electrons. The molecule has 3 nitrogen and oxygen atoms in total. The summed E-state index contributed by atoms with van der Waals surface area (Å²) >= 11 is 1.67. The Labute approximate surface area is 83.4 Å². The van der Waals surface area contributed by atoms with Crippen LogP contribution < -0.4 is 11.1 Å². The summed E-state index contributed by atoms with van der Waals surface area (Å²) in [6.45, 7) is 5.93. The van der Waals surface area contributed by atoms with Gasteiger partial charge in [0.1, 0.15) is 0 Å². The average Bonchev–Trinajstić information content (AvgIpc) is 2.57. The molecule has 1 unspecified atom stereocenters. The van der Waals surface area contributed by atoms with Gasteiger partial charge in [0.25, 0.3) is 0 Å². The van der Waals surface area contributed by atoms with Crippen LogP contribution in [0.15, 0.2) is 11.7 Å². The summed E-state index contributed by atoms with van der Waals surface area (Å²) in [4.78, 5) is 5.28. The van der Waals surface area contributed by atoms with Crippen LogP contribution in [0.2, 0.25) is 0 Å². The van der Waals surface area contributed by atoms with Gasteiger partial charge >= 0.3 is 0 Å². The Morgan fingerprint density at radius 1 is 1.62 bits per heavy atom. The molecule has 74 valence electrons. The lowest BCUT2D eigenvalue weighted by atomic mass is 10.1. The van der Waals surface area contributed by atoms with Crippen molar-refractivity contribution in [3.05, 3.63) is 16.6 Å². The van der Waals surface area contributed by atoms with E-state index in [2.05, 4.69) is 24.1 Å². The normalized spacial score (nSPS) is 13.5. The second-order valence-corrected chi connectivity index (χ2v) is 4.41. The molecule has 0 saturated carbocycles. The van der Waals surface area contributed by atoms with Crippen LogP contribution in [0.5, 0.6) is 0 Å². The van der Waals surface area contributed by atoms with E-state index in [0.29, 0.717) is 18.5 Å². The predicted octanol–water partition coefficient (Wildman–Crippen LogP) is 1.22. The summed E-state index contributed by atoms with van der Waals surface area (Å²) in [6, 6.07) is 0.405. The fourth-order valence-corrected chi connectivity index (χ4v) is 1.70. The number of nitrogens with one attached hydrogen (secondary N) is 1. The Morgan fingerprint density at radius 3 is 2.85 bits per heavy atom. The Hall–Kier alpha value is -0.450. The van der Waals surface area contributed by atoms with Gasteiger partial charge < -0.3 is 11.1 Å². The molecule has 0 aliphatic heterocycles. The first kappa shape index (κ1) is 10.6. The minimum Gasteiger partial charge on any atom is -0.329 e. The summed E-state index contributed by atoms with van der Waals surface area (Å²) in [5, 5.41) is 3.42. The van der Waals surface area contributed by atoms with Crippen LogP contribution in [0.1, 0.15) is 18.7 Å². The van der Waals surface area contributed by atoms with E-state index in [-0.39, 0.29) is 0 Å². The van der Waals surface area contributed by atoms with E-state index in [1.54, 1.807) is 11.3 Å². The van der Waals surface area contributed by atoms with Crippen molar-refractivity contribution in [2.75, 3.05) is 6.54 Å². The summed E-state index contributed by atoms with van der Waals surface area (Å²) < 4.78 is 0. The van der Waals surface area contributed by atoms with E-state index in [1.807, 2.05) is 11.7 Å². The van der Waals surface area contributed by atoms with Gasteiger partial charge in [-0.2, -0.15) is 0 Å². The van der Waals surface area contributed by atoms with Crippen molar-refractivity contribution in [3.8, 4) is 0 Å². The lowest BCUT2D eigenvalue weighted by Gasteiger charge is -2.19. The third kappa shape index (κ3) is 3.42. The van der Waals surface area contributed by atoms with Gasteiger partial charge in [-0.05, 0) is 5.92 Å². The van der Waals surface area contributed by atoms with Crippen molar-refractivity contribution in [3.63, 3.8) is 0 Å². The molecule has 0 spiro atoms. The molecular formula is C9H17N3S. The van der Waals surface area contributed by atoms with Crippen LogP contribution >= 0.6 is 11.3 Å². The second-order valence-electron chi connectivity index (χ2n) is 3.43. The molecule has 0 bridgehead atoms. The van der Waals surface area contributed by atoms with Gasteiger partial charge in [-0.15, -0.1) is 11.3 Å². The third-order valence-electron chi connectivity index (χ3n) is 2.08. The van der Waals surface area contributed by atoms with Gasteiger partial charge in [0.2, 0.25) is 0 Å². The molecule has 0 fully saturated rings. The van der Waals surface area contributed by atoms with Gasteiger partial charge in [0.05, 0.1) is 5.51 Å². The first-order chi connectivity index (χ1) is 6.24. The molecule has 13 heavy (non-hydrogen) atoms. The maximum atomic E-state index is 5.64. The van der Waals surface area contributed by atoms with Crippen LogP contribution in [0, 0.1) is 5.92 Å². The van der Waals surface area contributed by atoms with E-state index in [0.717, 1.165) is 6.54 Å². The van der Waals surface area contributed by atoms with Crippen LogP contribution in [-0.4, -0.2) is 17.6 Å². The molecule has 1 heterocycles. The molecule has 0 amide bonds. The van der Waals surface area contributed by atoms with Gasteiger partial charge in [-0.1, -0.05) is 13.8 Å². The van der Waals surface area contributed by atoms with E-state index in [4.69, 9.17) is 5.73 Å². The smallest absolute Gasteiger partial charge is 0.0794 e. The van der Waals surface area contributed by atoms with Crippen LogP contribution in [0.4, 0.5) is 0 Å². The minimum atomic E-state index is 0.405. The van der Waals surface area contributed by atoms with Crippen molar-refractivity contribution in [2.45, 2.75) is 26.4 Å². The topological polar surface area (TPSA) is 50.9 Å². The maximum absolute atomic E-state index is 5.64. The largest absolute Gasteiger partial charge is 0.329 e. The highest BCUT2D eigenvalue weighted by molar-refractivity contribution is 7.09. The molecular weight excluding hydrogens is 182 g/mol. The maximum Gasteiger partial charge on any atom is 0.0794 e. The quantitative estimate of drug-likeness (QED) is 0.749. The molecule has 0 aromatic carbocycles. The van der Waals surface area contributed by atoms with Crippen LogP contribution in [0.25, 0.3) is 0 Å². The van der Waals surface area contributed by atoms with Crippen molar-refractivity contribution in [2.24, 2.45) is 11.7 Å². The van der Waals surface area contributed by atoms with E-state index < -0.39 is 0 Å². The molecule has 1 aromatic rings. The van der Waals surface area contributed by atoms with Crippen molar-refractivity contribution in [1.29, 1.82) is 0 Å². The summed E-state index contributed by atoms with van der Waals surface area (Å²) in [5.74, 6) is 0.581. The predicted molar refractivity (Wildman–Crippen MR) is 56.6 cm³/mol. The Balaban J connectivity index is 2.32. The van der Waals surface area contributed by atoms with Crippen LogP contribution in [0.3, 0.4) is 0 Å². The molecule has 0 aliphatic rings. The molecule has 3 N–H and O–H groups in total.